The van der Waals surface area contributed by atoms with Crippen molar-refractivity contribution in [2.75, 3.05) is 24.6 Å². The van der Waals surface area contributed by atoms with Crippen molar-refractivity contribution in [2.45, 2.75) is 6.10 Å². The van der Waals surface area contributed by atoms with Crippen LogP contribution in [0, 0.1) is 0 Å². The van der Waals surface area contributed by atoms with E-state index < -0.39 is 0 Å². The normalized spacial score (nSPS) is 18.1. The largest absolute Gasteiger partial charge is 0.370 e. The van der Waals surface area contributed by atoms with Crippen molar-refractivity contribution in [1.29, 1.82) is 0 Å². The Morgan fingerprint density at radius 2 is 1.79 bits per heavy atom. The molecule has 0 bridgehead atoms. The van der Waals surface area contributed by atoms with Crippen molar-refractivity contribution in [3.8, 4) is 0 Å². The van der Waals surface area contributed by atoms with Gasteiger partial charge in [-0.1, -0.05) is 35.3 Å². The molecule has 0 radical (unpaired) electrons. The van der Waals surface area contributed by atoms with Crippen LogP contribution in [0.3, 0.4) is 0 Å². The average Bonchev–Trinajstić information content (AvgIpc) is 2.61. The lowest BCUT2D eigenvalue weighted by molar-refractivity contribution is 0.0396. The maximum atomic E-state index is 6.07. The molecule has 0 amide bonds. The van der Waals surface area contributed by atoms with Crippen molar-refractivity contribution < 1.29 is 4.74 Å². The molecule has 1 aromatic heterocycles. The molecule has 3 aromatic rings. The second kappa shape index (κ2) is 6.55. The molecule has 6 heteroatoms. The molecule has 1 saturated heterocycles. The number of nitrogens with zero attached hydrogens (tertiary/aromatic N) is 3. The molecule has 0 aliphatic carbocycles. The Balaban J connectivity index is 1.66. The first-order chi connectivity index (χ1) is 11.7. The molecule has 2 aromatic carbocycles. The average molecular weight is 360 g/mol. The van der Waals surface area contributed by atoms with Gasteiger partial charge in [0.15, 0.2) is 0 Å². The summed E-state index contributed by atoms with van der Waals surface area (Å²) in [6.07, 6.45) is 1.58. The number of hydrogen-bond acceptors (Lipinski definition) is 4. The highest BCUT2D eigenvalue weighted by molar-refractivity contribution is 6.31. The minimum atomic E-state index is -0.00617. The van der Waals surface area contributed by atoms with E-state index in [0.717, 1.165) is 40.4 Å². The Morgan fingerprint density at radius 3 is 2.62 bits per heavy atom. The summed E-state index contributed by atoms with van der Waals surface area (Å²) in [6.45, 7) is 2.17. The number of aromatic nitrogens is 2. The van der Waals surface area contributed by atoms with Gasteiger partial charge in [0.25, 0.3) is 0 Å². The molecule has 1 aliphatic heterocycles. The van der Waals surface area contributed by atoms with E-state index in [4.69, 9.17) is 27.9 Å². The molecule has 1 fully saturated rings. The Bertz CT molecular complexity index is 870. The zero-order valence-corrected chi connectivity index (χ0v) is 14.3. The third-order valence-corrected chi connectivity index (χ3v) is 4.67. The van der Waals surface area contributed by atoms with Gasteiger partial charge in [-0.25, -0.2) is 9.97 Å². The van der Waals surface area contributed by atoms with Gasteiger partial charge in [0.2, 0.25) is 0 Å². The van der Waals surface area contributed by atoms with E-state index in [0.29, 0.717) is 11.6 Å². The number of halogens is 2. The zero-order valence-electron chi connectivity index (χ0n) is 12.8. The van der Waals surface area contributed by atoms with Crippen LogP contribution in [-0.2, 0) is 4.74 Å². The number of anilines is 1. The Morgan fingerprint density at radius 1 is 1.00 bits per heavy atom. The summed E-state index contributed by atoms with van der Waals surface area (Å²) >= 11 is 12.0. The van der Waals surface area contributed by atoms with Crippen molar-refractivity contribution in [3.63, 3.8) is 0 Å². The van der Waals surface area contributed by atoms with Gasteiger partial charge in [-0.05, 0) is 35.9 Å². The fourth-order valence-electron chi connectivity index (χ4n) is 2.99. The topological polar surface area (TPSA) is 38.2 Å². The van der Waals surface area contributed by atoms with Gasteiger partial charge in [-0.3, -0.25) is 0 Å². The molecule has 122 valence electrons. The second-order valence-corrected chi connectivity index (χ2v) is 6.59. The van der Waals surface area contributed by atoms with Crippen molar-refractivity contribution in [3.05, 3.63) is 64.4 Å². The summed E-state index contributed by atoms with van der Waals surface area (Å²) in [4.78, 5) is 11.1. The van der Waals surface area contributed by atoms with Gasteiger partial charge in [-0.15, -0.1) is 0 Å². The quantitative estimate of drug-likeness (QED) is 0.674. The molecule has 0 saturated carbocycles. The van der Waals surface area contributed by atoms with Crippen LogP contribution in [0.4, 0.5) is 5.82 Å². The Kier molecular flexibility index (Phi) is 4.27. The van der Waals surface area contributed by atoms with E-state index in [-0.39, 0.29) is 6.10 Å². The lowest BCUT2D eigenvalue weighted by Crippen LogP contribution is -2.39. The van der Waals surface area contributed by atoms with Crippen LogP contribution in [0.5, 0.6) is 0 Å². The highest BCUT2D eigenvalue weighted by Gasteiger charge is 2.24. The van der Waals surface area contributed by atoms with E-state index in [1.807, 2.05) is 42.5 Å². The monoisotopic (exact) mass is 359 g/mol. The van der Waals surface area contributed by atoms with Crippen LogP contribution in [0.15, 0.2) is 48.8 Å². The van der Waals surface area contributed by atoms with Crippen LogP contribution in [0.2, 0.25) is 10.0 Å². The molecule has 1 unspecified atom stereocenters. The van der Waals surface area contributed by atoms with E-state index in [9.17, 15) is 0 Å². The fourth-order valence-corrected chi connectivity index (χ4v) is 3.28. The van der Waals surface area contributed by atoms with E-state index in [1.165, 1.54) is 0 Å². The summed E-state index contributed by atoms with van der Waals surface area (Å²) < 4.78 is 5.94. The van der Waals surface area contributed by atoms with E-state index in [1.54, 1.807) is 6.33 Å². The van der Waals surface area contributed by atoms with Crippen molar-refractivity contribution in [1.82, 2.24) is 9.97 Å². The predicted molar refractivity (Wildman–Crippen MR) is 96.9 cm³/mol. The molecule has 1 atom stereocenters. The first-order valence-electron chi connectivity index (χ1n) is 7.73. The summed E-state index contributed by atoms with van der Waals surface area (Å²) in [5.74, 6) is 0.916. The number of rotatable bonds is 2. The summed E-state index contributed by atoms with van der Waals surface area (Å²) in [5, 5.41) is 2.40. The number of morpholine rings is 1. The molecular weight excluding hydrogens is 345 g/mol. The standard InChI is InChI=1S/C18H15Cl2N3O/c19-13-3-1-12(2-4-13)17-10-23(7-8-24-17)18-15-6-5-14(20)9-16(15)21-11-22-18/h1-6,9,11,17H,7-8,10H2. The third-order valence-electron chi connectivity index (χ3n) is 4.19. The number of hydrogen-bond donors (Lipinski definition) is 0. The van der Waals surface area contributed by atoms with Gasteiger partial charge >= 0.3 is 0 Å². The summed E-state index contributed by atoms with van der Waals surface area (Å²) in [7, 11) is 0. The molecular formula is C18H15Cl2N3O. The van der Waals surface area contributed by atoms with E-state index >= 15 is 0 Å². The lowest BCUT2D eigenvalue weighted by atomic mass is 10.1. The van der Waals surface area contributed by atoms with Crippen LogP contribution in [0.1, 0.15) is 11.7 Å². The maximum absolute atomic E-state index is 6.07. The minimum absolute atomic E-state index is 0.00617. The molecule has 4 rings (SSSR count). The number of benzene rings is 2. The van der Waals surface area contributed by atoms with Gasteiger partial charge < -0.3 is 9.64 Å². The SMILES string of the molecule is Clc1ccc(C2CN(c3ncnc4cc(Cl)ccc34)CCO2)cc1. The first-order valence-corrected chi connectivity index (χ1v) is 8.48. The fraction of sp³-hybridized carbons (Fsp3) is 0.222. The molecule has 2 heterocycles. The number of fused-ring (bicyclic) bond motifs is 1. The van der Waals surface area contributed by atoms with Crippen molar-refractivity contribution >= 4 is 39.9 Å². The number of ether oxygens (including phenoxy) is 1. The minimum Gasteiger partial charge on any atom is -0.370 e. The Hall–Kier alpha value is -1.88. The third kappa shape index (κ3) is 3.05. The molecule has 1 aliphatic rings. The van der Waals surface area contributed by atoms with Crippen LogP contribution < -0.4 is 4.90 Å². The van der Waals surface area contributed by atoms with Crippen molar-refractivity contribution in [2.24, 2.45) is 0 Å². The van der Waals surface area contributed by atoms with Gasteiger partial charge in [-0.2, -0.15) is 0 Å². The summed E-state index contributed by atoms with van der Waals surface area (Å²) in [5.41, 5.74) is 1.97. The molecule has 4 nitrogen and oxygen atoms in total. The predicted octanol–water partition coefficient (Wildman–Crippen LogP) is 4.51. The van der Waals surface area contributed by atoms with E-state index in [2.05, 4.69) is 14.9 Å². The van der Waals surface area contributed by atoms with Gasteiger partial charge in [0, 0.05) is 28.5 Å². The highest BCUT2D eigenvalue weighted by Crippen LogP contribution is 2.30. The maximum Gasteiger partial charge on any atom is 0.140 e. The lowest BCUT2D eigenvalue weighted by Gasteiger charge is -2.34. The first kappa shape index (κ1) is 15.6. The molecule has 24 heavy (non-hydrogen) atoms. The molecule has 0 spiro atoms. The smallest absolute Gasteiger partial charge is 0.140 e. The van der Waals surface area contributed by atoms with Gasteiger partial charge in [0.1, 0.15) is 18.2 Å². The second-order valence-electron chi connectivity index (χ2n) is 5.72. The molecule has 0 N–H and O–H groups in total. The summed E-state index contributed by atoms with van der Waals surface area (Å²) in [6, 6.07) is 13.5. The van der Waals surface area contributed by atoms with Crippen LogP contribution in [-0.4, -0.2) is 29.7 Å². The van der Waals surface area contributed by atoms with Crippen LogP contribution >= 0.6 is 23.2 Å². The Labute approximate surface area is 150 Å². The van der Waals surface area contributed by atoms with Crippen LogP contribution in [0.25, 0.3) is 10.9 Å². The highest BCUT2D eigenvalue weighted by atomic mass is 35.5. The van der Waals surface area contributed by atoms with Gasteiger partial charge in [0.05, 0.1) is 12.1 Å². The zero-order chi connectivity index (χ0) is 16.5.